The van der Waals surface area contributed by atoms with Crippen LogP contribution in [0.25, 0.3) is 0 Å². The van der Waals surface area contributed by atoms with Crippen LogP contribution in [-0.2, 0) is 0 Å². The first kappa shape index (κ1) is 11.8. The van der Waals surface area contributed by atoms with Gasteiger partial charge in [-0.05, 0) is 0 Å². The van der Waals surface area contributed by atoms with Gasteiger partial charge in [-0.3, -0.25) is 0 Å². The molecule has 0 aromatic rings. The van der Waals surface area contributed by atoms with Crippen molar-refractivity contribution in [2.75, 3.05) is 4.71 Å². The van der Waals surface area contributed by atoms with Crippen LogP contribution in [0.15, 0.2) is 0 Å². The summed E-state index contributed by atoms with van der Waals surface area (Å²) in [6.07, 6.45) is 0. The van der Waals surface area contributed by atoms with Crippen LogP contribution in [0.4, 0.5) is 0 Å². The Hall–Kier alpha value is 0.833. The van der Waals surface area contributed by atoms with Crippen molar-refractivity contribution in [1.82, 2.24) is 0 Å². The van der Waals surface area contributed by atoms with Gasteiger partial charge >= 0.3 is 79.0 Å². The van der Waals surface area contributed by atoms with Crippen LogP contribution in [-0.4, -0.2) is 18.0 Å². The summed E-state index contributed by atoms with van der Waals surface area (Å²) >= 11 is 4.45. The van der Waals surface area contributed by atoms with Crippen molar-refractivity contribution < 1.29 is 0 Å². The molecule has 0 radical (unpaired) electrons. The SMILES string of the molecule is C[CH2][Ge]([CH2]Cl)([CH](C)C)[CH](C)C. The Bertz CT molecular complexity index is 96.1. The topological polar surface area (TPSA) is 0 Å². The van der Waals surface area contributed by atoms with Gasteiger partial charge in [0.1, 0.15) is 0 Å². The molecule has 0 bridgehead atoms. The maximum atomic E-state index is 6.10. The Morgan fingerprint density at radius 3 is 1.45 bits per heavy atom. The predicted molar refractivity (Wildman–Crippen MR) is 57.2 cm³/mol. The van der Waals surface area contributed by atoms with E-state index in [4.69, 9.17) is 11.6 Å². The Kier molecular flexibility index (Phi) is 5.12. The predicted octanol–water partition coefficient (Wildman–Crippen LogP) is 4.05. The summed E-state index contributed by atoms with van der Waals surface area (Å²) in [5.74, 6) is 0. The van der Waals surface area contributed by atoms with Crippen LogP contribution >= 0.6 is 11.6 Å². The quantitative estimate of drug-likeness (QED) is 0.511. The molecule has 0 fully saturated rings. The molecule has 0 unspecified atom stereocenters. The van der Waals surface area contributed by atoms with Crippen molar-refractivity contribution in [3.05, 3.63) is 0 Å². The third-order valence-corrected chi connectivity index (χ3v) is 19.2. The second-order valence-electron chi connectivity index (χ2n) is 4.03. The first-order valence-electron chi connectivity index (χ1n) is 4.57. The van der Waals surface area contributed by atoms with E-state index in [9.17, 15) is 0 Å². The fourth-order valence-corrected chi connectivity index (χ4v) is 14.0. The second-order valence-corrected chi connectivity index (χ2v) is 17.5. The van der Waals surface area contributed by atoms with Crippen molar-refractivity contribution in [3.63, 3.8) is 0 Å². The van der Waals surface area contributed by atoms with E-state index < -0.39 is 13.3 Å². The molecule has 0 aliphatic rings. The van der Waals surface area contributed by atoms with Gasteiger partial charge < -0.3 is 0 Å². The van der Waals surface area contributed by atoms with Gasteiger partial charge in [-0.25, -0.2) is 0 Å². The van der Waals surface area contributed by atoms with Crippen LogP contribution in [0.5, 0.6) is 0 Å². The molecule has 0 spiro atoms. The second kappa shape index (κ2) is 4.76. The van der Waals surface area contributed by atoms with Gasteiger partial charge in [-0.15, -0.1) is 0 Å². The van der Waals surface area contributed by atoms with Crippen LogP contribution in [0.3, 0.4) is 0 Å². The molecule has 0 N–H and O–H groups in total. The third kappa shape index (κ3) is 2.38. The molecule has 68 valence electrons. The first-order chi connectivity index (χ1) is 5.01. The fraction of sp³-hybridized carbons (Fsp3) is 1.00. The van der Waals surface area contributed by atoms with E-state index in [0.29, 0.717) is 0 Å². The van der Waals surface area contributed by atoms with Crippen molar-refractivity contribution in [1.29, 1.82) is 0 Å². The fourth-order valence-electron chi connectivity index (χ4n) is 1.89. The van der Waals surface area contributed by atoms with Crippen LogP contribution in [0, 0.1) is 0 Å². The summed E-state index contributed by atoms with van der Waals surface area (Å²) in [6.45, 7) is 11.7. The molecule has 0 heterocycles. The Labute approximate surface area is 79.1 Å². The molecule has 0 amide bonds. The summed E-state index contributed by atoms with van der Waals surface area (Å²) in [6, 6.07) is 0. The molecule has 0 nitrogen and oxygen atoms in total. The zero-order valence-corrected chi connectivity index (χ0v) is 11.3. The van der Waals surface area contributed by atoms with E-state index in [1.54, 1.807) is 0 Å². The third-order valence-electron chi connectivity index (χ3n) is 3.21. The average Bonchev–Trinajstić information content (AvgIpc) is 1.90. The van der Waals surface area contributed by atoms with Crippen molar-refractivity contribution in [2.24, 2.45) is 0 Å². The normalized spacial score (nSPS) is 13.1. The first-order valence-corrected chi connectivity index (χ1v) is 10.5. The van der Waals surface area contributed by atoms with Gasteiger partial charge in [0.05, 0.1) is 0 Å². The van der Waals surface area contributed by atoms with E-state index in [1.165, 1.54) is 5.25 Å². The van der Waals surface area contributed by atoms with E-state index >= 15 is 0 Å². The van der Waals surface area contributed by atoms with Crippen molar-refractivity contribution in [2.45, 2.75) is 49.4 Å². The molecular weight excluding hydrogens is 216 g/mol. The number of rotatable bonds is 4. The molecule has 0 aliphatic carbocycles. The molecule has 0 aliphatic heterocycles. The maximum absolute atomic E-state index is 6.10. The van der Waals surface area contributed by atoms with Crippen molar-refractivity contribution >= 4 is 24.9 Å². The van der Waals surface area contributed by atoms with Gasteiger partial charge in [0.2, 0.25) is 0 Å². The molecule has 2 heteroatoms. The minimum atomic E-state index is -1.65. The van der Waals surface area contributed by atoms with Crippen LogP contribution in [0.1, 0.15) is 34.6 Å². The number of hydrogen-bond acceptors (Lipinski definition) is 0. The molecule has 0 saturated heterocycles. The summed E-state index contributed by atoms with van der Waals surface area (Å²) in [5.41, 5.74) is 0. The molecule has 0 aromatic heterocycles. The molecule has 11 heavy (non-hydrogen) atoms. The van der Waals surface area contributed by atoms with Gasteiger partial charge in [-0.2, -0.15) is 0 Å². The Morgan fingerprint density at radius 2 is 1.45 bits per heavy atom. The van der Waals surface area contributed by atoms with Gasteiger partial charge in [0.15, 0.2) is 0 Å². The monoisotopic (exact) mass is 238 g/mol. The van der Waals surface area contributed by atoms with Gasteiger partial charge in [-0.1, -0.05) is 0 Å². The van der Waals surface area contributed by atoms with Gasteiger partial charge in [0, 0.05) is 0 Å². The molecular formula is C9H21ClGe. The minimum absolute atomic E-state index is 0.873. The van der Waals surface area contributed by atoms with Crippen molar-refractivity contribution in [3.8, 4) is 0 Å². The summed E-state index contributed by atoms with van der Waals surface area (Å²) in [4.78, 5) is 0. The van der Waals surface area contributed by atoms with E-state index in [1.807, 2.05) is 0 Å². The number of alkyl halides is 1. The number of hydrogen-bond donors (Lipinski definition) is 0. The standard InChI is InChI=1S/C9H21ClGe/c1-6-11(7-10,8(2)3)9(4)5/h8-9H,6-7H2,1-5H3. The van der Waals surface area contributed by atoms with E-state index in [2.05, 4.69) is 34.6 Å². The zero-order chi connectivity index (χ0) is 9.07. The summed E-state index contributed by atoms with van der Waals surface area (Å²) in [5, 5.41) is 1.37. The average molecular weight is 237 g/mol. The van der Waals surface area contributed by atoms with Crippen LogP contribution < -0.4 is 0 Å². The summed E-state index contributed by atoms with van der Waals surface area (Å²) < 4.78 is 2.72. The molecule has 0 saturated carbocycles. The zero-order valence-electron chi connectivity index (χ0n) is 8.45. The van der Waals surface area contributed by atoms with Gasteiger partial charge in [0.25, 0.3) is 0 Å². The van der Waals surface area contributed by atoms with E-state index in [0.717, 1.165) is 14.2 Å². The molecule has 0 rings (SSSR count). The molecule has 0 aromatic carbocycles. The molecule has 0 atom stereocenters. The van der Waals surface area contributed by atoms with Crippen LogP contribution in [0.2, 0.25) is 14.8 Å². The Balaban J connectivity index is 4.46. The summed E-state index contributed by atoms with van der Waals surface area (Å²) in [7, 11) is 0. The number of halogens is 1. The Morgan fingerprint density at radius 1 is 1.09 bits per heavy atom. The van der Waals surface area contributed by atoms with E-state index in [-0.39, 0.29) is 0 Å².